The second kappa shape index (κ2) is 5.34. The molecule has 0 saturated carbocycles. The molecule has 0 radical (unpaired) electrons. The lowest BCUT2D eigenvalue weighted by Gasteiger charge is -2.04. The Morgan fingerprint density at radius 1 is 1.26 bits per heavy atom. The first kappa shape index (κ1) is 12.1. The number of hydrogen-bond acceptors (Lipinski definition) is 4. The van der Waals surface area contributed by atoms with E-state index < -0.39 is 6.10 Å². The molecule has 0 aliphatic heterocycles. The fraction of sp³-hybridized carbons (Fsp3) is 0.143. The van der Waals surface area contributed by atoms with Crippen LogP contribution < -0.4 is 0 Å². The quantitative estimate of drug-likeness (QED) is 0.767. The van der Waals surface area contributed by atoms with Gasteiger partial charge < -0.3 is 10.1 Å². The van der Waals surface area contributed by atoms with Crippen molar-refractivity contribution in [1.29, 1.82) is 0 Å². The van der Waals surface area contributed by atoms with E-state index in [9.17, 15) is 5.11 Å². The van der Waals surface area contributed by atoms with Crippen molar-refractivity contribution >= 4 is 11.3 Å². The molecule has 2 aromatic heterocycles. The predicted octanol–water partition coefficient (Wildman–Crippen LogP) is 2.81. The fourth-order valence-corrected chi connectivity index (χ4v) is 2.71. The molecule has 4 nitrogen and oxygen atoms in total. The minimum atomic E-state index is -0.634. The zero-order valence-corrected chi connectivity index (χ0v) is 11.0. The molecule has 1 unspecified atom stereocenters. The molecule has 0 saturated heterocycles. The van der Waals surface area contributed by atoms with Crippen molar-refractivity contribution in [2.75, 3.05) is 0 Å². The van der Waals surface area contributed by atoms with E-state index in [1.807, 2.05) is 35.7 Å². The molecule has 0 aliphatic rings. The first-order valence-corrected chi connectivity index (χ1v) is 6.88. The lowest BCUT2D eigenvalue weighted by molar-refractivity contribution is 0.169. The molecule has 3 rings (SSSR count). The standard InChI is InChI=1S/C14H13N3OS/c18-12(14-15-6-7-16-14)8-13-17-11(9-19-13)10-4-2-1-3-5-10/h1-7,9,12,18H,8H2,(H,15,16). The minimum Gasteiger partial charge on any atom is -0.385 e. The Morgan fingerprint density at radius 2 is 2.11 bits per heavy atom. The largest absolute Gasteiger partial charge is 0.385 e. The summed E-state index contributed by atoms with van der Waals surface area (Å²) in [6.07, 6.45) is 3.18. The van der Waals surface area contributed by atoms with Crippen molar-refractivity contribution in [3.05, 3.63) is 58.9 Å². The number of thiazole rings is 1. The first-order valence-electron chi connectivity index (χ1n) is 6.00. The zero-order chi connectivity index (χ0) is 13.1. The summed E-state index contributed by atoms with van der Waals surface area (Å²) in [6, 6.07) is 10.0. The van der Waals surface area contributed by atoms with Gasteiger partial charge in [-0.3, -0.25) is 0 Å². The second-order valence-electron chi connectivity index (χ2n) is 4.19. The van der Waals surface area contributed by atoms with Gasteiger partial charge in [-0.2, -0.15) is 0 Å². The molecule has 0 fully saturated rings. The van der Waals surface area contributed by atoms with E-state index in [1.54, 1.807) is 23.7 Å². The maximum atomic E-state index is 10.0. The number of nitrogens with one attached hydrogen (secondary N) is 1. The maximum absolute atomic E-state index is 10.0. The number of aliphatic hydroxyl groups is 1. The number of H-pyrrole nitrogens is 1. The number of imidazole rings is 1. The Balaban J connectivity index is 1.75. The molecular formula is C14H13N3OS. The topological polar surface area (TPSA) is 61.8 Å². The molecule has 0 bridgehead atoms. The molecule has 5 heteroatoms. The van der Waals surface area contributed by atoms with Gasteiger partial charge in [-0.1, -0.05) is 30.3 Å². The van der Waals surface area contributed by atoms with Gasteiger partial charge >= 0.3 is 0 Å². The van der Waals surface area contributed by atoms with E-state index >= 15 is 0 Å². The summed E-state index contributed by atoms with van der Waals surface area (Å²) in [7, 11) is 0. The molecular weight excluding hydrogens is 258 g/mol. The summed E-state index contributed by atoms with van der Waals surface area (Å²) in [6.45, 7) is 0. The van der Waals surface area contributed by atoms with E-state index in [4.69, 9.17) is 0 Å². The summed E-state index contributed by atoms with van der Waals surface area (Å²) in [5.41, 5.74) is 2.05. The minimum absolute atomic E-state index is 0.477. The molecule has 1 aromatic carbocycles. The Morgan fingerprint density at radius 3 is 2.84 bits per heavy atom. The Bertz CT molecular complexity index is 634. The van der Waals surface area contributed by atoms with Crippen LogP contribution in [0.25, 0.3) is 11.3 Å². The van der Waals surface area contributed by atoms with Crippen LogP contribution in [0.4, 0.5) is 0 Å². The molecule has 96 valence electrons. The van der Waals surface area contributed by atoms with Crippen molar-refractivity contribution in [3.63, 3.8) is 0 Å². The van der Waals surface area contributed by atoms with Crippen LogP contribution in [0.2, 0.25) is 0 Å². The number of rotatable bonds is 4. The molecule has 2 heterocycles. The van der Waals surface area contributed by atoms with Crippen molar-refractivity contribution in [3.8, 4) is 11.3 Å². The third-order valence-corrected chi connectivity index (χ3v) is 3.70. The highest BCUT2D eigenvalue weighted by molar-refractivity contribution is 7.09. The Labute approximate surface area is 114 Å². The Kier molecular flexibility index (Phi) is 3.39. The smallest absolute Gasteiger partial charge is 0.135 e. The number of nitrogens with zero attached hydrogens (tertiary/aromatic N) is 2. The molecule has 2 N–H and O–H groups in total. The van der Waals surface area contributed by atoms with Crippen LogP contribution in [-0.2, 0) is 6.42 Å². The highest BCUT2D eigenvalue weighted by Crippen LogP contribution is 2.24. The van der Waals surface area contributed by atoms with Crippen LogP contribution in [0.3, 0.4) is 0 Å². The lowest BCUT2D eigenvalue weighted by Crippen LogP contribution is -2.03. The summed E-state index contributed by atoms with van der Waals surface area (Å²) >= 11 is 1.56. The van der Waals surface area contributed by atoms with Gasteiger partial charge in [-0.05, 0) is 0 Å². The second-order valence-corrected chi connectivity index (χ2v) is 5.13. The van der Waals surface area contributed by atoms with Gasteiger partial charge in [-0.25, -0.2) is 9.97 Å². The van der Waals surface area contributed by atoms with Crippen LogP contribution in [0, 0.1) is 0 Å². The number of aromatic nitrogens is 3. The summed E-state index contributed by atoms with van der Waals surface area (Å²) in [5.74, 6) is 0.580. The lowest BCUT2D eigenvalue weighted by atomic mass is 10.2. The van der Waals surface area contributed by atoms with Crippen molar-refractivity contribution in [1.82, 2.24) is 15.0 Å². The van der Waals surface area contributed by atoms with E-state index in [-0.39, 0.29) is 0 Å². The van der Waals surface area contributed by atoms with Crippen LogP contribution in [-0.4, -0.2) is 20.1 Å². The average Bonchev–Trinajstić information content (AvgIpc) is 3.11. The fourth-order valence-electron chi connectivity index (χ4n) is 1.87. The number of hydrogen-bond donors (Lipinski definition) is 2. The van der Waals surface area contributed by atoms with Gasteiger partial charge in [0.1, 0.15) is 11.9 Å². The zero-order valence-electron chi connectivity index (χ0n) is 10.2. The third-order valence-electron chi connectivity index (χ3n) is 2.82. The number of benzene rings is 1. The highest BCUT2D eigenvalue weighted by atomic mass is 32.1. The molecule has 0 amide bonds. The van der Waals surface area contributed by atoms with Gasteiger partial charge in [0.15, 0.2) is 0 Å². The molecule has 3 aromatic rings. The van der Waals surface area contributed by atoms with Gasteiger partial charge in [0.25, 0.3) is 0 Å². The van der Waals surface area contributed by atoms with E-state index in [0.717, 1.165) is 16.3 Å². The van der Waals surface area contributed by atoms with Crippen molar-refractivity contribution < 1.29 is 5.11 Å². The van der Waals surface area contributed by atoms with Crippen LogP contribution in [0.5, 0.6) is 0 Å². The number of aromatic amines is 1. The molecule has 0 spiro atoms. The average molecular weight is 271 g/mol. The van der Waals surface area contributed by atoms with Crippen LogP contribution >= 0.6 is 11.3 Å². The molecule has 1 atom stereocenters. The van der Waals surface area contributed by atoms with Gasteiger partial charge in [-0.15, -0.1) is 11.3 Å². The van der Waals surface area contributed by atoms with Crippen molar-refractivity contribution in [2.24, 2.45) is 0 Å². The summed E-state index contributed by atoms with van der Waals surface area (Å²) < 4.78 is 0. The molecule has 0 aliphatic carbocycles. The number of aliphatic hydroxyl groups excluding tert-OH is 1. The van der Waals surface area contributed by atoms with Gasteiger partial charge in [0.2, 0.25) is 0 Å². The first-order chi connectivity index (χ1) is 9.33. The summed E-state index contributed by atoms with van der Waals surface area (Å²) in [4.78, 5) is 11.5. The van der Waals surface area contributed by atoms with E-state index in [0.29, 0.717) is 12.2 Å². The normalized spacial score (nSPS) is 12.5. The highest BCUT2D eigenvalue weighted by Gasteiger charge is 2.13. The third kappa shape index (κ3) is 2.72. The molecule has 19 heavy (non-hydrogen) atoms. The van der Waals surface area contributed by atoms with Crippen LogP contribution in [0.1, 0.15) is 16.9 Å². The van der Waals surface area contributed by atoms with Crippen molar-refractivity contribution in [2.45, 2.75) is 12.5 Å². The van der Waals surface area contributed by atoms with Gasteiger partial charge in [0.05, 0.1) is 10.7 Å². The predicted molar refractivity (Wildman–Crippen MR) is 74.8 cm³/mol. The Hall–Kier alpha value is -1.98. The maximum Gasteiger partial charge on any atom is 0.135 e. The van der Waals surface area contributed by atoms with E-state index in [1.165, 1.54) is 0 Å². The SMILES string of the molecule is OC(Cc1nc(-c2ccccc2)cs1)c1ncc[nH]1. The monoisotopic (exact) mass is 271 g/mol. The van der Waals surface area contributed by atoms with Gasteiger partial charge in [0, 0.05) is 29.8 Å². The van der Waals surface area contributed by atoms with E-state index in [2.05, 4.69) is 15.0 Å². The van der Waals surface area contributed by atoms with Crippen LogP contribution in [0.15, 0.2) is 48.1 Å². The summed E-state index contributed by atoms with van der Waals surface area (Å²) in [5, 5.41) is 12.9.